The van der Waals surface area contributed by atoms with Crippen LogP contribution in [0.3, 0.4) is 0 Å². The number of hydrogen-bond acceptors (Lipinski definition) is 3. The molecule has 0 amide bonds. The molecule has 1 heterocycles. The first-order valence-electron chi connectivity index (χ1n) is 5.06. The third-order valence-electron chi connectivity index (χ3n) is 2.33. The third kappa shape index (κ3) is 2.43. The number of nitrogens with one attached hydrogen (secondary N) is 1. The number of halogens is 1. The summed E-state index contributed by atoms with van der Waals surface area (Å²) in [7, 11) is 1.92. The first-order valence-corrected chi connectivity index (χ1v) is 6.32. The van der Waals surface area contributed by atoms with Gasteiger partial charge in [0.15, 0.2) is 0 Å². The predicted molar refractivity (Wildman–Crippen MR) is 70.1 cm³/mol. The molecule has 84 valence electrons. The van der Waals surface area contributed by atoms with Gasteiger partial charge in [0.1, 0.15) is 5.01 Å². The van der Waals surface area contributed by atoms with Gasteiger partial charge in [0.25, 0.3) is 0 Å². The fraction of sp³-hybridized carbons (Fsp3) is 0.250. The fourth-order valence-electron chi connectivity index (χ4n) is 1.48. The number of rotatable bonds is 3. The zero-order chi connectivity index (χ0) is 11.5. The van der Waals surface area contributed by atoms with Gasteiger partial charge in [-0.05, 0) is 31.7 Å². The molecule has 16 heavy (non-hydrogen) atoms. The van der Waals surface area contributed by atoms with Gasteiger partial charge in [-0.25, -0.2) is 4.98 Å². The minimum absolute atomic E-state index is 0.800. The molecule has 0 aliphatic heterocycles. The van der Waals surface area contributed by atoms with E-state index in [1.807, 2.05) is 26.1 Å². The van der Waals surface area contributed by atoms with Crippen LogP contribution in [-0.4, -0.2) is 12.0 Å². The van der Waals surface area contributed by atoms with E-state index in [9.17, 15) is 0 Å². The molecule has 0 atom stereocenters. The summed E-state index contributed by atoms with van der Waals surface area (Å²) in [5, 5.41) is 7.08. The Bertz CT molecular complexity index is 494. The van der Waals surface area contributed by atoms with Crippen molar-refractivity contribution in [2.45, 2.75) is 13.5 Å². The van der Waals surface area contributed by atoms with Crippen molar-refractivity contribution >= 4 is 22.9 Å². The number of hydrogen-bond donors (Lipinski definition) is 1. The molecule has 0 radical (unpaired) electrons. The van der Waals surface area contributed by atoms with E-state index >= 15 is 0 Å². The summed E-state index contributed by atoms with van der Waals surface area (Å²) in [6.07, 6.45) is 0. The van der Waals surface area contributed by atoms with E-state index in [1.165, 1.54) is 0 Å². The monoisotopic (exact) mass is 252 g/mol. The lowest BCUT2D eigenvalue weighted by Gasteiger charge is -2.00. The van der Waals surface area contributed by atoms with Crippen LogP contribution in [0.1, 0.15) is 10.6 Å². The van der Waals surface area contributed by atoms with Crippen LogP contribution in [0.15, 0.2) is 23.6 Å². The quantitative estimate of drug-likeness (QED) is 0.905. The van der Waals surface area contributed by atoms with Gasteiger partial charge in [-0.15, -0.1) is 11.3 Å². The summed E-state index contributed by atoms with van der Waals surface area (Å²) in [6, 6.07) is 6.00. The molecule has 0 unspecified atom stereocenters. The van der Waals surface area contributed by atoms with Gasteiger partial charge in [0.2, 0.25) is 0 Å². The largest absolute Gasteiger partial charge is 0.314 e. The summed E-state index contributed by atoms with van der Waals surface area (Å²) >= 11 is 7.67. The highest BCUT2D eigenvalue weighted by Crippen LogP contribution is 2.25. The highest BCUT2D eigenvalue weighted by atomic mass is 35.5. The molecular formula is C12H13ClN2S. The molecule has 0 spiro atoms. The van der Waals surface area contributed by atoms with Crippen molar-refractivity contribution in [1.82, 2.24) is 10.3 Å². The lowest BCUT2D eigenvalue weighted by Crippen LogP contribution is -2.04. The molecular weight excluding hydrogens is 240 g/mol. The topological polar surface area (TPSA) is 24.9 Å². The molecule has 0 aliphatic carbocycles. The Morgan fingerprint density at radius 1 is 1.44 bits per heavy atom. The number of aryl methyl sites for hydroxylation is 1. The van der Waals surface area contributed by atoms with Gasteiger partial charge in [0, 0.05) is 22.5 Å². The van der Waals surface area contributed by atoms with E-state index in [0.29, 0.717) is 0 Å². The van der Waals surface area contributed by atoms with Crippen molar-refractivity contribution in [3.63, 3.8) is 0 Å². The van der Waals surface area contributed by atoms with Gasteiger partial charge < -0.3 is 5.32 Å². The van der Waals surface area contributed by atoms with Crippen molar-refractivity contribution in [2.75, 3.05) is 7.05 Å². The zero-order valence-corrected chi connectivity index (χ0v) is 10.8. The van der Waals surface area contributed by atoms with E-state index < -0.39 is 0 Å². The maximum Gasteiger partial charge on any atom is 0.107 e. The van der Waals surface area contributed by atoms with Gasteiger partial charge in [-0.1, -0.05) is 17.7 Å². The van der Waals surface area contributed by atoms with E-state index in [4.69, 9.17) is 11.6 Å². The Balaban J connectivity index is 2.31. The lowest BCUT2D eigenvalue weighted by molar-refractivity contribution is 0.811. The smallest absolute Gasteiger partial charge is 0.107 e. The molecule has 1 aromatic carbocycles. The maximum atomic E-state index is 6.00. The molecule has 0 saturated heterocycles. The average Bonchev–Trinajstić information content (AvgIpc) is 2.71. The number of nitrogens with zero attached hydrogens (tertiary/aromatic N) is 1. The second-order valence-electron chi connectivity index (χ2n) is 3.62. The molecule has 2 rings (SSSR count). The summed E-state index contributed by atoms with van der Waals surface area (Å²) in [5.41, 5.74) is 3.23. The summed E-state index contributed by atoms with van der Waals surface area (Å²) < 4.78 is 0. The van der Waals surface area contributed by atoms with E-state index in [1.54, 1.807) is 11.3 Å². The second-order valence-corrected chi connectivity index (χ2v) is 4.97. The Labute approximate surface area is 104 Å². The molecule has 0 fully saturated rings. The Hall–Kier alpha value is -0.900. The molecule has 0 bridgehead atoms. The molecule has 2 aromatic rings. The number of thiazole rings is 1. The Morgan fingerprint density at radius 3 is 2.94 bits per heavy atom. The first kappa shape index (κ1) is 11.6. The minimum Gasteiger partial charge on any atom is -0.314 e. The van der Waals surface area contributed by atoms with E-state index in [2.05, 4.69) is 21.7 Å². The van der Waals surface area contributed by atoms with Gasteiger partial charge in [-0.3, -0.25) is 0 Å². The molecule has 0 saturated carbocycles. The van der Waals surface area contributed by atoms with Crippen molar-refractivity contribution in [3.05, 3.63) is 39.2 Å². The van der Waals surface area contributed by atoms with Gasteiger partial charge in [-0.2, -0.15) is 0 Å². The summed E-state index contributed by atoms with van der Waals surface area (Å²) in [6.45, 7) is 2.82. The predicted octanol–water partition coefficient (Wildman–Crippen LogP) is 3.49. The van der Waals surface area contributed by atoms with Crippen LogP contribution in [0.5, 0.6) is 0 Å². The molecule has 1 N–H and O–H groups in total. The molecule has 1 aromatic heterocycles. The number of benzene rings is 1. The average molecular weight is 253 g/mol. The van der Waals surface area contributed by atoms with E-state index in [-0.39, 0.29) is 0 Å². The lowest BCUT2D eigenvalue weighted by atomic mass is 10.1. The molecule has 0 aliphatic rings. The van der Waals surface area contributed by atoms with E-state index in [0.717, 1.165) is 33.4 Å². The highest BCUT2D eigenvalue weighted by Gasteiger charge is 2.05. The first-order chi connectivity index (χ1) is 7.70. The Morgan fingerprint density at radius 2 is 2.25 bits per heavy atom. The van der Waals surface area contributed by atoms with Gasteiger partial charge in [0.05, 0.1) is 5.69 Å². The molecule has 2 nitrogen and oxygen atoms in total. The normalized spacial score (nSPS) is 10.7. The second kappa shape index (κ2) is 4.95. The minimum atomic E-state index is 0.800. The molecule has 4 heteroatoms. The fourth-order valence-corrected chi connectivity index (χ4v) is 2.41. The van der Waals surface area contributed by atoms with Crippen molar-refractivity contribution in [1.29, 1.82) is 0 Å². The SMILES string of the molecule is CNCc1nc(-c2ccc(Cl)c(C)c2)cs1. The standard InChI is InChI=1S/C12H13ClN2S/c1-8-5-9(3-4-10(8)13)11-7-16-12(15-11)6-14-2/h3-5,7,14H,6H2,1-2H3. The zero-order valence-electron chi connectivity index (χ0n) is 9.25. The van der Waals surface area contributed by atoms with Crippen LogP contribution < -0.4 is 5.32 Å². The van der Waals surface area contributed by atoms with Crippen LogP contribution in [0.2, 0.25) is 5.02 Å². The van der Waals surface area contributed by atoms with Crippen molar-refractivity contribution < 1.29 is 0 Å². The van der Waals surface area contributed by atoms with Gasteiger partial charge >= 0.3 is 0 Å². The third-order valence-corrected chi connectivity index (χ3v) is 3.61. The van der Waals surface area contributed by atoms with Crippen LogP contribution in [0.4, 0.5) is 0 Å². The highest BCUT2D eigenvalue weighted by molar-refractivity contribution is 7.09. The number of aromatic nitrogens is 1. The van der Waals surface area contributed by atoms with Crippen LogP contribution in [-0.2, 0) is 6.54 Å². The van der Waals surface area contributed by atoms with Crippen LogP contribution in [0, 0.1) is 6.92 Å². The van der Waals surface area contributed by atoms with Crippen LogP contribution in [0.25, 0.3) is 11.3 Å². The van der Waals surface area contributed by atoms with Crippen molar-refractivity contribution in [2.24, 2.45) is 0 Å². The van der Waals surface area contributed by atoms with Crippen LogP contribution >= 0.6 is 22.9 Å². The summed E-state index contributed by atoms with van der Waals surface area (Å²) in [4.78, 5) is 4.55. The van der Waals surface area contributed by atoms with Crippen molar-refractivity contribution in [3.8, 4) is 11.3 Å². The summed E-state index contributed by atoms with van der Waals surface area (Å²) in [5.74, 6) is 0. The maximum absolute atomic E-state index is 6.00. The Kier molecular flexibility index (Phi) is 3.59.